The van der Waals surface area contributed by atoms with Crippen molar-refractivity contribution >= 4 is 11.5 Å². The molecule has 1 heterocycles. The average molecular weight is 304 g/mol. The summed E-state index contributed by atoms with van der Waals surface area (Å²) in [5, 5.41) is 3.57. The molecule has 0 saturated heterocycles. The van der Waals surface area contributed by atoms with Crippen molar-refractivity contribution in [2.24, 2.45) is 0 Å². The van der Waals surface area contributed by atoms with Gasteiger partial charge >= 0.3 is 0 Å². The van der Waals surface area contributed by atoms with Crippen LogP contribution in [0.5, 0.6) is 5.88 Å². The van der Waals surface area contributed by atoms with E-state index in [1.807, 2.05) is 0 Å². The Bertz CT molecular complexity index is 494. The molecule has 2 aliphatic carbocycles. The van der Waals surface area contributed by atoms with Crippen LogP contribution in [0.2, 0.25) is 0 Å². The lowest BCUT2D eigenvalue weighted by Crippen LogP contribution is -2.21. The van der Waals surface area contributed by atoms with Crippen molar-refractivity contribution in [1.82, 2.24) is 9.97 Å². The zero-order chi connectivity index (χ0) is 15.4. The highest BCUT2D eigenvalue weighted by atomic mass is 16.5. The fourth-order valence-corrected chi connectivity index (χ4v) is 3.03. The second kappa shape index (κ2) is 7.16. The van der Waals surface area contributed by atoms with Crippen molar-refractivity contribution in [3.05, 3.63) is 5.82 Å². The molecule has 1 aromatic heterocycles. The Morgan fingerprint density at radius 2 is 1.82 bits per heavy atom. The van der Waals surface area contributed by atoms with Crippen LogP contribution in [-0.4, -0.2) is 22.6 Å². The van der Waals surface area contributed by atoms with E-state index in [0.29, 0.717) is 30.1 Å². The molecule has 0 atom stereocenters. The average Bonchev–Trinajstić information content (AvgIpc) is 3.35. The molecule has 0 aliphatic heterocycles. The summed E-state index contributed by atoms with van der Waals surface area (Å²) >= 11 is 0. The zero-order valence-electron chi connectivity index (χ0n) is 13.6. The summed E-state index contributed by atoms with van der Waals surface area (Å²) in [5.41, 5.74) is 6.83. The van der Waals surface area contributed by atoms with E-state index in [-0.39, 0.29) is 0 Å². The third-order valence-electron chi connectivity index (χ3n) is 4.51. The lowest BCUT2D eigenvalue weighted by molar-refractivity contribution is 0.305. The standard InChI is InChI=1S/C17H28N4O/c1-2-11-22-17-14(18)16(20-15(21-17)12-9-10-12)19-13-7-5-3-4-6-8-13/h12-13H,2-11,18H2,1H3,(H,19,20,21). The third kappa shape index (κ3) is 3.81. The van der Waals surface area contributed by atoms with E-state index in [1.165, 1.54) is 51.4 Å². The summed E-state index contributed by atoms with van der Waals surface area (Å²) in [6.07, 6.45) is 11.0. The number of anilines is 2. The summed E-state index contributed by atoms with van der Waals surface area (Å²) in [6.45, 7) is 2.73. The number of nitrogens with zero attached hydrogens (tertiary/aromatic N) is 2. The molecule has 0 amide bonds. The van der Waals surface area contributed by atoms with Crippen molar-refractivity contribution in [1.29, 1.82) is 0 Å². The summed E-state index contributed by atoms with van der Waals surface area (Å²) in [4.78, 5) is 9.25. The third-order valence-corrected chi connectivity index (χ3v) is 4.51. The molecule has 0 spiro atoms. The Kier molecular flexibility index (Phi) is 5.01. The van der Waals surface area contributed by atoms with Crippen LogP contribution in [0.4, 0.5) is 11.5 Å². The number of hydrogen-bond acceptors (Lipinski definition) is 5. The van der Waals surface area contributed by atoms with Gasteiger partial charge in [-0.05, 0) is 32.1 Å². The van der Waals surface area contributed by atoms with E-state index < -0.39 is 0 Å². The van der Waals surface area contributed by atoms with Gasteiger partial charge in [-0.1, -0.05) is 32.6 Å². The van der Waals surface area contributed by atoms with Gasteiger partial charge in [-0.25, -0.2) is 4.98 Å². The maximum atomic E-state index is 6.26. The summed E-state index contributed by atoms with van der Waals surface area (Å²) in [5.74, 6) is 2.75. The predicted octanol–water partition coefficient (Wildman–Crippen LogP) is 3.86. The van der Waals surface area contributed by atoms with Crippen molar-refractivity contribution in [2.45, 2.75) is 76.7 Å². The number of nitrogens with one attached hydrogen (secondary N) is 1. The molecule has 0 aromatic carbocycles. The van der Waals surface area contributed by atoms with E-state index in [2.05, 4.69) is 17.2 Å². The van der Waals surface area contributed by atoms with Gasteiger partial charge in [0.15, 0.2) is 5.82 Å². The highest BCUT2D eigenvalue weighted by Crippen LogP contribution is 2.41. The Morgan fingerprint density at radius 1 is 1.09 bits per heavy atom. The van der Waals surface area contributed by atoms with Gasteiger partial charge < -0.3 is 15.8 Å². The van der Waals surface area contributed by atoms with Crippen LogP contribution >= 0.6 is 0 Å². The Labute approximate surface area is 133 Å². The fourth-order valence-electron chi connectivity index (χ4n) is 3.03. The first-order chi connectivity index (χ1) is 10.8. The number of rotatable bonds is 6. The monoisotopic (exact) mass is 304 g/mol. The number of nitrogens with two attached hydrogens (primary N) is 1. The molecule has 5 heteroatoms. The first kappa shape index (κ1) is 15.4. The minimum absolute atomic E-state index is 0.478. The lowest BCUT2D eigenvalue weighted by Gasteiger charge is -2.20. The maximum Gasteiger partial charge on any atom is 0.242 e. The Balaban J connectivity index is 1.79. The maximum absolute atomic E-state index is 6.26. The molecular formula is C17H28N4O. The highest BCUT2D eigenvalue weighted by molar-refractivity contribution is 5.67. The van der Waals surface area contributed by atoms with Gasteiger partial charge in [0.2, 0.25) is 5.88 Å². The molecule has 2 aliphatic rings. The number of nitrogen functional groups attached to an aromatic ring is 1. The van der Waals surface area contributed by atoms with Gasteiger partial charge in [0.1, 0.15) is 11.5 Å². The second-order valence-electron chi connectivity index (χ2n) is 6.60. The summed E-state index contributed by atoms with van der Waals surface area (Å²) < 4.78 is 5.74. The summed E-state index contributed by atoms with van der Waals surface area (Å²) in [6, 6.07) is 0.478. The minimum atomic E-state index is 0.478. The SMILES string of the molecule is CCCOc1nc(C2CC2)nc(NC2CCCCCC2)c1N. The van der Waals surface area contributed by atoms with E-state index >= 15 is 0 Å². The fraction of sp³-hybridized carbons (Fsp3) is 0.765. The molecule has 3 N–H and O–H groups in total. The summed E-state index contributed by atoms with van der Waals surface area (Å²) in [7, 11) is 0. The molecule has 2 fully saturated rings. The van der Waals surface area contributed by atoms with E-state index in [9.17, 15) is 0 Å². The molecule has 5 nitrogen and oxygen atoms in total. The number of aromatic nitrogens is 2. The molecule has 122 valence electrons. The molecule has 3 rings (SSSR count). The van der Waals surface area contributed by atoms with Gasteiger partial charge in [0.25, 0.3) is 0 Å². The number of hydrogen-bond donors (Lipinski definition) is 2. The largest absolute Gasteiger partial charge is 0.476 e. The smallest absolute Gasteiger partial charge is 0.242 e. The van der Waals surface area contributed by atoms with Crippen LogP contribution in [0, 0.1) is 0 Å². The molecule has 1 aromatic rings. The Morgan fingerprint density at radius 3 is 2.45 bits per heavy atom. The van der Waals surface area contributed by atoms with Gasteiger partial charge in [-0.15, -0.1) is 0 Å². The van der Waals surface area contributed by atoms with Gasteiger partial charge in [-0.3, -0.25) is 0 Å². The van der Waals surface area contributed by atoms with E-state index in [4.69, 9.17) is 15.5 Å². The highest BCUT2D eigenvalue weighted by Gasteiger charge is 2.29. The van der Waals surface area contributed by atoms with Crippen LogP contribution in [0.25, 0.3) is 0 Å². The van der Waals surface area contributed by atoms with Gasteiger partial charge in [0, 0.05) is 12.0 Å². The van der Waals surface area contributed by atoms with Crippen LogP contribution in [0.3, 0.4) is 0 Å². The molecule has 22 heavy (non-hydrogen) atoms. The van der Waals surface area contributed by atoms with Crippen molar-refractivity contribution < 1.29 is 4.74 Å². The van der Waals surface area contributed by atoms with Crippen molar-refractivity contribution in [2.75, 3.05) is 17.7 Å². The number of ether oxygens (including phenoxy) is 1. The van der Waals surface area contributed by atoms with Crippen LogP contribution < -0.4 is 15.8 Å². The van der Waals surface area contributed by atoms with Crippen LogP contribution in [0.1, 0.15) is 76.5 Å². The molecular weight excluding hydrogens is 276 g/mol. The first-order valence-corrected chi connectivity index (χ1v) is 8.84. The normalized spacial score (nSPS) is 19.7. The topological polar surface area (TPSA) is 73.1 Å². The second-order valence-corrected chi connectivity index (χ2v) is 6.60. The first-order valence-electron chi connectivity index (χ1n) is 8.84. The van der Waals surface area contributed by atoms with Gasteiger partial charge in [-0.2, -0.15) is 4.98 Å². The Hall–Kier alpha value is -1.52. The van der Waals surface area contributed by atoms with E-state index in [0.717, 1.165) is 18.1 Å². The predicted molar refractivity (Wildman–Crippen MR) is 89.3 cm³/mol. The van der Waals surface area contributed by atoms with Gasteiger partial charge in [0.05, 0.1) is 6.61 Å². The molecule has 0 radical (unpaired) electrons. The molecule has 0 bridgehead atoms. The minimum Gasteiger partial charge on any atom is -0.476 e. The van der Waals surface area contributed by atoms with Crippen LogP contribution in [0.15, 0.2) is 0 Å². The quantitative estimate of drug-likeness (QED) is 0.781. The zero-order valence-corrected chi connectivity index (χ0v) is 13.6. The van der Waals surface area contributed by atoms with E-state index in [1.54, 1.807) is 0 Å². The molecule has 2 saturated carbocycles. The van der Waals surface area contributed by atoms with Crippen molar-refractivity contribution in [3.8, 4) is 5.88 Å². The molecule has 0 unspecified atom stereocenters. The van der Waals surface area contributed by atoms with Crippen molar-refractivity contribution in [3.63, 3.8) is 0 Å². The van der Waals surface area contributed by atoms with Crippen LogP contribution in [-0.2, 0) is 0 Å². The lowest BCUT2D eigenvalue weighted by atomic mass is 10.1.